The second-order valence-corrected chi connectivity index (χ2v) is 7.20. The van der Waals surface area contributed by atoms with E-state index in [4.69, 9.17) is 5.41 Å². The Morgan fingerprint density at radius 1 is 1.04 bits per heavy atom. The average molecular weight is 353 g/mol. The minimum absolute atomic E-state index is 0.0699. The monoisotopic (exact) mass is 353 g/mol. The number of aromatic nitrogens is 1. The largest absolute Gasteiger partial charge is 0.374 e. The van der Waals surface area contributed by atoms with Gasteiger partial charge < -0.3 is 5.32 Å². The normalized spacial score (nSPS) is 14.4. The molecular formula is C24H23N3. The summed E-state index contributed by atoms with van der Waals surface area (Å²) >= 11 is 0. The Kier molecular flexibility index (Phi) is 4.36. The highest BCUT2D eigenvalue weighted by atomic mass is 15.0. The molecule has 0 aliphatic heterocycles. The van der Waals surface area contributed by atoms with Gasteiger partial charge in [-0.15, -0.1) is 0 Å². The number of aryl methyl sites for hydroxylation is 1. The van der Waals surface area contributed by atoms with Crippen LogP contribution in [0.5, 0.6) is 0 Å². The lowest BCUT2D eigenvalue weighted by Gasteiger charge is -2.22. The molecule has 3 aromatic rings. The van der Waals surface area contributed by atoms with Gasteiger partial charge in [-0.25, -0.2) is 0 Å². The third kappa shape index (κ3) is 3.41. The molecule has 1 saturated carbocycles. The van der Waals surface area contributed by atoms with E-state index in [0.717, 1.165) is 35.1 Å². The van der Waals surface area contributed by atoms with Gasteiger partial charge in [0, 0.05) is 23.5 Å². The van der Waals surface area contributed by atoms with Crippen molar-refractivity contribution < 1.29 is 0 Å². The van der Waals surface area contributed by atoms with Crippen molar-refractivity contribution in [2.24, 2.45) is 0 Å². The summed E-state index contributed by atoms with van der Waals surface area (Å²) in [5, 5.41) is 12.3. The summed E-state index contributed by atoms with van der Waals surface area (Å²) < 4.78 is 0. The van der Waals surface area contributed by atoms with Gasteiger partial charge in [0.05, 0.1) is 16.9 Å². The summed E-state index contributed by atoms with van der Waals surface area (Å²) in [5.74, 6) is 0. The van der Waals surface area contributed by atoms with Gasteiger partial charge in [0.25, 0.3) is 0 Å². The zero-order valence-electron chi connectivity index (χ0n) is 15.5. The average Bonchev–Trinajstić information content (AvgIpc) is 3.50. The standard InChI is InChI=1S/C24H23N3/c1-17-10-11-19(20-7-6-14-26-16-20)15-22(17)23(25)18(2)27-24(12-13-24)21-8-4-3-5-9-21/h3-11,14-16,25,27H,2,12-13H2,1H3. The van der Waals surface area contributed by atoms with Crippen LogP contribution in [-0.4, -0.2) is 10.7 Å². The highest BCUT2D eigenvalue weighted by molar-refractivity contribution is 6.11. The number of pyridine rings is 1. The molecule has 1 heterocycles. The van der Waals surface area contributed by atoms with Gasteiger partial charge in [-0.1, -0.05) is 55.1 Å². The first-order chi connectivity index (χ1) is 13.1. The Bertz CT molecular complexity index is 987. The highest BCUT2D eigenvalue weighted by Crippen LogP contribution is 2.46. The van der Waals surface area contributed by atoms with E-state index in [0.29, 0.717) is 11.4 Å². The van der Waals surface area contributed by atoms with Crippen LogP contribution in [0.4, 0.5) is 0 Å². The summed E-state index contributed by atoms with van der Waals surface area (Å²) in [7, 11) is 0. The minimum Gasteiger partial charge on any atom is -0.374 e. The predicted octanol–water partition coefficient (Wildman–Crippen LogP) is 5.22. The topological polar surface area (TPSA) is 48.8 Å². The number of hydrogen-bond donors (Lipinski definition) is 2. The van der Waals surface area contributed by atoms with E-state index < -0.39 is 0 Å². The van der Waals surface area contributed by atoms with E-state index in [-0.39, 0.29) is 5.54 Å². The van der Waals surface area contributed by atoms with Crippen molar-refractivity contribution >= 4 is 5.71 Å². The Morgan fingerprint density at radius 3 is 2.48 bits per heavy atom. The molecule has 1 fully saturated rings. The van der Waals surface area contributed by atoms with Gasteiger partial charge in [0.15, 0.2) is 0 Å². The molecule has 27 heavy (non-hydrogen) atoms. The zero-order chi connectivity index (χ0) is 18.9. The van der Waals surface area contributed by atoms with Crippen molar-refractivity contribution in [2.45, 2.75) is 25.3 Å². The first kappa shape index (κ1) is 17.2. The molecule has 3 heteroatoms. The van der Waals surface area contributed by atoms with E-state index in [1.807, 2.05) is 31.3 Å². The molecule has 1 aliphatic rings. The molecular weight excluding hydrogens is 330 g/mol. The molecule has 0 amide bonds. The van der Waals surface area contributed by atoms with Crippen molar-refractivity contribution in [1.82, 2.24) is 10.3 Å². The van der Waals surface area contributed by atoms with Crippen LogP contribution in [0.15, 0.2) is 85.3 Å². The van der Waals surface area contributed by atoms with Crippen LogP contribution in [0.2, 0.25) is 0 Å². The van der Waals surface area contributed by atoms with Crippen molar-refractivity contribution in [3.8, 4) is 11.1 Å². The Morgan fingerprint density at radius 2 is 1.81 bits per heavy atom. The lowest BCUT2D eigenvalue weighted by molar-refractivity contribution is 0.604. The van der Waals surface area contributed by atoms with Gasteiger partial charge in [-0.3, -0.25) is 10.4 Å². The SMILES string of the molecule is C=C(NC1(c2ccccc2)CC1)C(=N)c1cc(-c2cccnc2)ccc1C. The second kappa shape index (κ2) is 6.84. The number of nitrogens with zero attached hydrogens (tertiary/aromatic N) is 1. The van der Waals surface area contributed by atoms with Crippen molar-refractivity contribution in [3.63, 3.8) is 0 Å². The smallest absolute Gasteiger partial charge is 0.0840 e. The Hall–Kier alpha value is -3.20. The number of allylic oxidation sites excluding steroid dienone is 1. The first-order valence-electron chi connectivity index (χ1n) is 9.22. The molecule has 1 aliphatic carbocycles. The number of hydrogen-bond acceptors (Lipinski definition) is 3. The molecule has 0 spiro atoms. The lowest BCUT2D eigenvalue weighted by atomic mass is 9.96. The minimum atomic E-state index is -0.0699. The summed E-state index contributed by atoms with van der Waals surface area (Å²) in [6.45, 7) is 6.21. The van der Waals surface area contributed by atoms with Crippen molar-refractivity contribution in [2.75, 3.05) is 0 Å². The summed E-state index contributed by atoms with van der Waals surface area (Å²) in [6, 6.07) is 20.6. The predicted molar refractivity (Wildman–Crippen MR) is 111 cm³/mol. The molecule has 2 N–H and O–H groups in total. The van der Waals surface area contributed by atoms with Crippen molar-refractivity contribution in [1.29, 1.82) is 5.41 Å². The number of rotatable bonds is 6. The highest BCUT2D eigenvalue weighted by Gasteiger charge is 2.44. The second-order valence-electron chi connectivity index (χ2n) is 7.20. The summed E-state index contributed by atoms with van der Waals surface area (Å²) in [4.78, 5) is 4.20. The van der Waals surface area contributed by atoms with Crippen LogP contribution in [0.25, 0.3) is 11.1 Å². The summed E-state index contributed by atoms with van der Waals surface area (Å²) in [6.07, 6.45) is 5.75. The maximum Gasteiger partial charge on any atom is 0.0840 e. The molecule has 3 nitrogen and oxygen atoms in total. The Balaban J connectivity index is 1.59. The van der Waals surface area contributed by atoms with E-state index in [1.54, 1.807) is 6.20 Å². The fourth-order valence-electron chi connectivity index (χ4n) is 3.49. The van der Waals surface area contributed by atoms with E-state index in [2.05, 4.69) is 59.3 Å². The maximum atomic E-state index is 8.73. The van der Waals surface area contributed by atoms with Crippen LogP contribution in [0, 0.1) is 12.3 Å². The third-order valence-electron chi connectivity index (χ3n) is 5.27. The third-order valence-corrected chi connectivity index (χ3v) is 5.27. The molecule has 0 saturated heterocycles. The summed E-state index contributed by atoms with van der Waals surface area (Å²) in [5.41, 5.74) is 6.39. The van der Waals surface area contributed by atoms with Crippen LogP contribution in [0.3, 0.4) is 0 Å². The number of nitrogens with one attached hydrogen (secondary N) is 2. The molecule has 134 valence electrons. The van der Waals surface area contributed by atoms with Gasteiger partial charge >= 0.3 is 0 Å². The van der Waals surface area contributed by atoms with Gasteiger partial charge in [-0.2, -0.15) is 0 Å². The van der Waals surface area contributed by atoms with Crippen LogP contribution in [0.1, 0.15) is 29.5 Å². The fraction of sp³-hybridized carbons (Fsp3) is 0.167. The molecule has 2 aromatic carbocycles. The molecule has 0 bridgehead atoms. The van der Waals surface area contributed by atoms with Gasteiger partial charge in [0.2, 0.25) is 0 Å². The van der Waals surface area contributed by atoms with E-state index >= 15 is 0 Å². The first-order valence-corrected chi connectivity index (χ1v) is 9.22. The van der Waals surface area contributed by atoms with Crippen LogP contribution in [-0.2, 0) is 5.54 Å². The van der Waals surface area contributed by atoms with Gasteiger partial charge in [0.1, 0.15) is 0 Å². The molecule has 0 atom stereocenters. The van der Waals surface area contributed by atoms with Gasteiger partial charge in [-0.05, 0) is 48.6 Å². The number of benzene rings is 2. The quantitative estimate of drug-likeness (QED) is 0.597. The van der Waals surface area contributed by atoms with E-state index in [9.17, 15) is 0 Å². The van der Waals surface area contributed by atoms with E-state index in [1.165, 1.54) is 5.56 Å². The molecule has 1 aromatic heterocycles. The van der Waals surface area contributed by atoms with Crippen LogP contribution < -0.4 is 5.32 Å². The van der Waals surface area contributed by atoms with Crippen molar-refractivity contribution in [3.05, 3.63) is 102 Å². The molecule has 4 rings (SSSR count). The lowest BCUT2D eigenvalue weighted by Crippen LogP contribution is -2.31. The van der Waals surface area contributed by atoms with Crippen LogP contribution >= 0.6 is 0 Å². The molecule has 0 unspecified atom stereocenters. The zero-order valence-corrected chi connectivity index (χ0v) is 15.5. The Labute approximate surface area is 160 Å². The maximum absolute atomic E-state index is 8.73. The molecule has 0 radical (unpaired) electrons. The fourth-order valence-corrected chi connectivity index (χ4v) is 3.49.